The standard InChI is InChI=1S/C29H23ClN2O7/c30-23-9-13-24(14-10-23)31(29(35)22-7-11-25(12-8-22)32(36)37)17-21-6-15-26(27(16-21)39-19-28(33)34)38-18-20-4-2-1-3-5-20/h1-16H,17-19H2,(H,33,34). The molecule has 0 bridgehead atoms. The van der Waals surface area contributed by atoms with Crippen molar-refractivity contribution in [2.75, 3.05) is 11.5 Å². The van der Waals surface area contributed by atoms with Crippen molar-refractivity contribution in [2.45, 2.75) is 13.2 Å². The number of carboxylic acid groups (broad SMARTS) is 1. The van der Waals surface area contributed by atoms with Crippen LogP contribution in [-0.2, 0) is 17.9 Å². The van der Waals surface area contributed by atoms with Crippen molar-refractivity contribution < 1.29 is 29.1 Å². The molecule has 198 valence electrons. The van der Waals surface area contributed by atoms with Crippen LogP contribution < -0.4 is 14.4 Å². The lowest BCUT2D eigenvalue weighted by Crippen LogP contribution is -2.30. The highest BCUT2D eigenvalue weighted by molar-refractivity contribution is 6.30. The van der Waals surface area contributed by atoms with Crippen molar-refractivity contribution in [3.63, 3.8) is 0 Å². The fourth-order valence-electron chi connectivity index (χ4n) is 3.72. The number of ether oxygens (including phenoxy) is 2. The van der Waals surface area contributed by atoms with E-state index in [0.717, 1.165) is 5.56 Å². The second-order valence-electron chi connectivity index (χ2n) is 8.41. The summed E-state index contributed by atoms with van der Waals surface area (Å²) in [6.45, 7) is -0.243. The van der Waals surface area contributed by atoms with Gasteiger partial charge in [0, 0.05) is 28.4 Å². The number of carboxylic acids is 1. The van der Waals surface area contributed by atoms with Crippen LogP contribution in [0.3, 0.4) is 0 Å². The Labute approximate surface area is 228 Å². The first kappa shape index (κ1) is 27.2. The molecule has 4 rings (SSSR count). The van der Waals surface area contributed by atoms with Gasteiger partial charge in [0.1, 0.15) is 6.61 Å². The number of hydrogen-bond donors (Lipinski definition) is 1. The summed E-state index contributed by atoms with van der Waals surface area (Å²) < 4.78 is 11.4. The van der Waals surface area contributed by atoms with Gasteiger partial charge >= 0.3 is 5.97 Å². The van der Waals surface area contributed by atoms with Crippen LogP contribution in [0.2, 0.25) is 5.02 Å². The minimum Gasteiger partial charge on any atom is -0.485 e. The Morgan fingerprint density at radius 2 is 1.54 bits per heavy atom. The topological polar surface area (TPSA) is 119 Å². The third-order valence-electron chi connectivity index (χ3n) is 5.65. The molecule has 4 aromatic carbocycles. The van der Waals surface area contributed by atoms with Gasteiger partial charge in [0.05, 0.1) is 11.5 Å². The Hall–Kier alpha value is -4.89. The van der Waals surface area contributed by atoms with Gasteiger partial charge in [-0.3, -0.25) is 14.9 Å². The first-order valence-electron chi connectivity index (χ1n) is 11.8. The van der Waals surface area contributed by atoms with E-state index in [1.54, 1.807) is 42.5 Å². The summed E-state index contributed by atoms with van der Waals surface area (Å²) in [7, 11) is 0. The Kier molecular flexibility index (Phi) is 8.75. The summed E-state index contributed by atoms with van der Waals surface area (Å²) in [5.74, 6) is -0.983. The Balaban J connectivity index is 1.63. The van der Waals surface area contributed by atoms with Crippen molar-refractivity contribution >= 4 is 34.9 Å². The fraction of sp³-hybridized carbons (Fsp3) is 0.103. The number of anilines is 1. The fourth-order valence-corrected chi connectivity index (χ4v) is 3.85. The number of aliphatic carboxylic acids is 1. The van der Waals surface area contributed by atoms with E-state index >= 15 is 0 Å². The van der Waals surface area contributed by atoms with Gasteiger partial charge in [0.2, 0.25) is 0 Å². The molecular formula is C29H23ClN2O7. The zero-order chi connectivity index (χ0) is 27.8. The molecule has 4 aromatic rings. The molecule has 1 amide bonds. The number of carbonyl (C=O) groups excluding carboxylic acids is 1. The molecule has 0 spiro atoms. The number of hydrogen-bond acceptors (Lipinski definition) is 6. The van der Waals surface area contributed by atoms with Gasteiger partial charge in [-0.2, -0.15) is 0 Å². The van der Waals surface area contributed by atoms with Crippen LogP contribution in [0.5, 0.6) is 11.5 Å². The number of amides is 1. The molecule has 0 atom stereocenters. The van der Waals surface area contributed by atoms with E-state index in [9.17, 15) is 19.7 Å². The number of carbonyl (C=O) groups is 2. The lowest BCUT2D eigenvalue weighted by Gasteiger charge is -2.24. The van der Waals surface area contributed by atoms with Crippen LogP contribution in [0.1, 0.15) is 21.5 Å². The lowest BCUT2D eigenvalue weighted by molar-refractivity contribution is -0.384. The van der Waals surface area contributed by atoms with E-state index in [0.29, 0.717) is 22.0 Å². The van der Waals surface area contributed by atoms with Crippen LogP contribution in [0.4, 0.5) is 11.4 Å². The van der Waals surface area contributed by atoms with E-state index in [2.05, 4.69) is 0 Å². The van der Waals surface area contributed by atoms with Gasteiger partial charge < -0.3 is 19.5 Å². The van der Waals surface area contributed by atoms with Gasteiger partial charge in [0.15, 0.2) is 18.1 Å². The summed E-state index contributed by atoms with van der Waals surface area (Å²) in [6.07, 6.45) is 0. The Morgan fingerprint density at radius 3 is 2.18 bits per heavy atom. The molecule has 0 aliphatic heterocycles. The molecule has 0 saturated heterocycles. The quantitative estimate of drug-likeness (QED) is 0.177. The van der Waals surface area contributed by atoms with Crippen molar-refractivity contribution in [1.82, 2.24) is 0 Å². The van der Waals surface area contributed by atoms with E-state index in [-0.39, 0.29) is 30.2 Å². The van der Waals surface area contributed by atoms with Crippen LogP contribution in [0, 0.1) is 10.1 Å². The van der Waals surface area contributed by atoms with Crippen LogP contribution in [0.15, 0.2) is 97.1 Å². The maximum absolute atomic E-state index is 13.5. The van der Waals surface area contributed by atoms with Crippen LogP contribution in [0.25, 0.3) is 0 Å². The molecule has 0 fully saturated rings. The molecule has 0 aromatic heterocycles. The lowest BCUT2D eigenvalue weighted by atomic mass is 10.1. The average Bonchev–Trinajstić information content (AvgIpc) is 2.95. The number of benzene rings is 4. The minimum atomic E-state index is -1.15. The van der Waals surface area contributed by atoms with Crippen molar-refractivity contribution in [1.29, 1.82) is 0 Å². The van der Waals surface area contributed by atoms with Crippen molar-refractivity contribution in [3.8, 4) is 11.5 Å². The Bertz CT molecular complexity index is 1460. The Morgan fingerprint density at radius 1 is 0.846 bits per heavy atom. The highest BCUT2D eigenvalue weighted by Gasteiger charge is 2.21. The molecule has 1 N–H and O–H groups in total. The summed E-state index contributed by atoms with van der Waals surface area (Å²) in [5, 5.41) is 20.7. The van der Waals surface area contributed by atoms with Gasteiger partial charge in [0.25, 0.3) is 11.6 Å². The number of nitro benzene ring substituents is 1. The summed E-state index contributed by atoms with van der Waals surface area (Å²) in [5.41, 5.74) is 2.22. The monoisotopic (exact) mass is 546 g/mol. The molecule has 0 aliphatic rings. The van der Waals surface area contributed by atoms with Crippen LogP contribution in [-0.4, -0.2) is 28.5 Å². The van der Waals surface area contributed by atoms with Crippen molar-refractivity contribution in [3.05, 3.63) is 129 Å². The average molecular weight is 547 g/mol. The third kappa shape index (κ3) is 7.33. The summed E-state index contributed by atoms with van der Waals surface area (Å²) >= 11 is 6.05. The maximum atomic E-state index is 13.5. The zero-order valence-electron chi connectivity index (χ0n) is 20.5. The third-order valence-corrected chi connectivity index (χ3v) is 5.90. The molecule has 9 nitrogen and oxygen atoms in total. The normalized spacial score (nSPS) is 10.5. The molecule has 10 heteroatoms. The number of nitrogens with zero attached hydrogens (tertiary/aromatic N) is 2. The van der Waals surface area contributed by atoms with E-state index in [1.165, 1.54) is 29.2 Å². The highest BCUT2D eigenvalue weighted by Crippen LogP contribution is 2.31. The SMILES string of the molecule is O=C(O)COc1cc(CN(C(=O)c2ccc([N+](=O)[O-])cc2)c2ccc(Cl)cc2)ccc1OCc1ccccc1. The summed E-state index contributed by atoms with van der Waals surface area (Å²) in [6, 6.07) is 26.5. The molecule has 0 heterocycles. The minimum absolute atomic E-state index is 0.0832. The maximum Gasteiger partial charge on any atom is 0.341 e. The smallest absolute Gasteiger partial charge is 0.341 e. The molecule has 0 aliphatic carbocycles. The second kappa shape index (κ2) is 12.6. The molecule has 0 unspecified atom stereocenters. The van der Waals surface area contributed by atoms with Gasteiger partial charge in [-0.25, -0.2) is 4.79 Å². The number of rotatable bonds is 11. The van der Waals surface area contributed by atoms with Crippen LogP contribution >= 0.6 is 11.6 Å². The first-order chi connectivity index (χ1) is 18.8. The molecule has 0 saturated carbocycles. The number of non-ortho nitro benzene ring substituents is 1. The van der Waals surface area contributed by atoms with E-state index in [1.807, 2.05) is 30.3 Å². The number of halogens is 1. The van der Waals surface area contributed by atoms with E-state index < -0.39 is 23.4 Å². The van der Waals surface area contributed by atoms with Gasteiger partial charge in [-0.15, -0.1) is 0 Å². The summed E-state index contributed by atoms with van der Waals surface area (Å²) in [4.78, 5) is 36.7. The molecule has 39 heavy (non-hydrogen) atoms. The predicted molar refractivity (Wildman–Crippen MR) is 145 cm³/mol. The first-order valence-corrected chi connectivity index (χ1v) is 12.1. The predicted octanol–water partition coefficient (Wildman–Crippen LogP) is 6.14. The van der Waals surface area contributed by atoms with E-state index in [4.69, 9.17) is 26.2 Å². The molecule has 0 radical (unpaired) electrons. The second-order valence-corrected chi connectivity index (χ2v) is 8.85. The van der Waals surface area contributed by atoms with Gasteiger partial charge in [-0.1, -0.05) is 48.0 Å². The molecular weight excluding hydrogens is 524 g/mol. The van der Waals surface area contributed by atoms with Gasteiger partial charge in [-0.05, 0) is 59.7 Å². The van der Waals surface area contributed by atoms with Crippen molar-refractivity contribution in [2.24, 2.45) is 0 Å². The largest absolute Gasteiger partial charge is 0.485 e. The highest BCUT2D eigenvalue weighted by atomic mass is 35.5. The zero-order valence-corrected chi connectivity index (χ0v) is 21.3. The number of nitro groups is 1.